The van der Waals surface area contributed by atoms with Gasteiger partial charge in [0.1, 0.15) is 6.04 Å². The van der Waals surface area contributed by atoms with Crippen LogP contribution in [-0.4, -0.2) is 68.0 Å². The molecule has 2 N–H and O–H groups in total. The number of hydrogen-bond acceptors (Lipinski definition) is 5. The molecule has 1 fully saturated rings. The number of hydrogen-bond donors (Lipinski definition) is 2. The Hall–Kier alpha value is -1.10. The van der Waals surface area contributed by atoms with Crippen LogP contribution in [0.5, 0.6) is 0 Å². The Kier molecular flexibility index (Phi) is 8.79. The lowest BCUT2D eigenvalue weighted by Gasteiger charge is -2.31. The van der Waals surface area contributed by atoms with Crippen LogP contribution in [0.3, 0.4) is 0 Å². The van der Waals surface area contributed by atoms with Crippen LogP contribution in [0.15, 0.2) is 28.7 Å². The third-order valence-corrected chi connectivity index (χ3v) is 7.26. The fourth-order valence-corrected chi connectivity index (χ4v) is 4.83. The van der Waals surface area contributed by atoms with Gasteiger partial charge in [0.15, 0.2) is 0 Å². The highest BCUT2D eigenvalue weighted by Gasteiger charge is 2.28. The van der Waals surface area contributed by atoms with E-state index >= 15 is 0 Å². The maximum atomic E-state index is 12.8. The molecule has 0 saturated carbocycles. The Bertz CT molecular complexity index is 796. The molecule has 1 unspecified atom stereocenters. The molecule has 2 amide bonds. The maximum Gasteiger partial charge on any atom is 0.253 e. The van der Waals surface area contributed by atoms with Crippen molar-refractivity contribution < 1.29 is 18.0 Å². The molecule has 156 valence electrons. The van der Waals surface area contributed by atoms with Crippen molar-refractivity contribution in [3.8, 4) is 0 Å². The van der Waals surface area contributed by atoms with Gasteiger partial charge in [-0.15, -0.1) is 0 Å². The fourth-order valence-electron chi connectivity index (χ4n) is 3.02. The van der Waals surface area contributed by atoms with Crippen molar-refractivity contribution in [2.24, 2.45) is 0 Å². The van der Waals surface area contributed by atoms with Gasteiger partial charge in [0.05, 0.1) is 11.8 Å². The van der Waals surface area contributed by atoms with E-state index < -0.39 is 16.1 Å². The number of sulfonamides is 1. The minimum absolute atomic E-state index is 0.0948. The van der Waals surface area contributed by atoms with Crippen molar-refractivity contribution in [3.05, 3.63) is 34.3 Å². The minimum atomic E-state index is -3.20. The largest absolute Gasteiger partial charge is 0.351 e. The Morgan fingerprint density at radius 3 is 2.50 bits per heavy atom. The quantitative estimate of drug-likeness (QED) is 0.578. The first-order chi connectivity index (χ1) is 13.2. The van der Waals surface area contributed by atoms with Crippen LogP contribution in [-0.2, 0) is 14.8 Å². The van der Waals surface area contributed by atoms with E-state index in [4.69, 9.17) is 0 Å². The van der Waals surface area contributed by atoms with Gasteiger partial charge in [0, 0.05) is 23.6 Å². The van der Waals surface area contributed by atoms with Crippen molar-refractivity contribution in [1.29, 1.82) is 0 Å². The van der Waals surface area contributed by atoms with Gasteiger partial charge in [-0.1, -0.05) is 12.1 Å². The van der Waals surface area contributed by atoms with Crippen LogP contribution in [0.1, 0.15) is 29.6 Å². The third kappa shape index (κ3) is 6.75. The van der Waals surface area contributed by atoms with Crippen LogP contribution in [0.4, 0.5) is 0 Å². The summed E-state index contributed by atoms with van der Waals surface area (Å²) in [7, 11) is -3.20. The fraction of sp³-hybridized carbons (Fsp3) is 0.556. The molecule has 0 bridgehead atoms. The van der Waals surface area contributed by atoms with Crippen molar-refractivity contribution in [2.75, 3.05) is 31.4 Å². The van der Waals surface area contributed by atoms with E-state index in [0.717, 1.165) is 5.75 Å². The van der Waals surface area contributed by atoms with E-state index in [1.54, 1.807) is 30.0 Å². The number of piperidine rings is 1. The number of carbonyl (C=O) groups is 2. The summed E-state index contributed by atoms with van der Waals surface area (Å²) < 4.78 is 25.3. The van der Waals surface area contributed by atoms with Gasteiger partial charge < -0.3 is 10.6 Å². The van der Waals surface area contributed by atoms with Crippen molar-refractivity contribution in [3.63, 3.8) is 0 Å². The highest BCUT2D eigenvalue weighted by Crippen LogP contribution is 2.17. The Balaban J connectivity index is 1.97. The van der Waals surface area contributed by atoms with E-state index in [1.807, 2.05) is 12.3 Å². The van der Waals surface area contributed by atoms with Gasteiger partial charge in [0.25, 0.3) is 5.91 Å². The third-order valence-electron chi connectivity index (χ3n) is 4.62. The van der Waals surface area contributed by atoms with Crippen LogP contribution in [0, 0.1) is 0 Å². The standard InChI is InChI=1S/C18H26BrN3O4S2/c1-27-12-9-16(21-17(23)14-5-3-4-6-15(14)19)18(24)20-13-7-10-22(11-8-13)28(2,25)26/h3-6,13,16H,7-12H2,1-2H3,(H,20,24)(H,21,23). The van der Waals surface area contributed by atoms with E-state index in [1.165, 1.54) is 10.6 Å². The highest BCUT2D eigenvalue weighted by atomic mass is 79.9. The smallest absolute Gasteiger partial charge is 0.253 e. The van der Waals surface area contributed by atoms with Gasteiger partial charge >= 0.3 is 0 Å². The molecule has 7 nitrogen and oxygen atoms in total. The first kappa shape index (κ1) is 23.2. The van der Waals surface area contributed by atoms with Crippen LogP contribution in [0.2, 0.25) is 0 Å². The zero-order chi connectivity index (χ0) is 20.7. The summed E-state index contributed by atoms with van der Waals surface area (Å²) in [6, 6.07) is 6.33. The highest BCUT2D eigenvalue weighted by molar-refractivity contribution is 9.10. The SMILES string of the molecule is CSCCC(NC(=O)c1ccccc1Br)C(=O)NC1CCN(S(C)(=O)=O)CC1. The van der Waals surface area contributed by atoms with Gasteiger partial charge in [-0.3, -0.25) is 9.59 Å². The topological polar surface area (TPSA) is 95.6 Å². The van der Waals surface area contributed by atoms with E-state index in [2.05, 4.69) is 26.6 Å². The zero-order valence-electron chi connectivity index (χ0n) is 16.0. The number of nitrogens with zero attached hydrogens (tertiary/aromatic N) is 1. The Morgan fingerprint density at radius 1 is 1.29 bits per heavy atom. The second kappa shape index (κ2) is 10.6. The lowest BCUT2D eigenvalue weighted by molar-refractivity contribution is -0.124. The Labute approximate surface area is 179 Å². The zero-order valence-corrected chi connectivity index (χ0v) is 19.2. The maximum absolute atomic E-state index is 12.8. The van der Waals surface area contributed by atoms with Crippen LogP contribution < -0.4 is 10.6 Å². The second-order valence-corrected chi connectivity index (χ2v) is 10.6. The number of halogens is 1. The average Bonchev–Trinajstić information content (AvgIpc) is 2.65. The summed E-state index contributed by atoms with van der Waals surface area (Å²) >= 11 is 4.97. The molecule has 1 atom stereocenters. The summed E-state index contributed by atoms with van der Waals surface area (Å²) in [5, 5.41) is 5.81. The van der Waals surface area contributed by atoms with Crippen LogP contribution in [0.25, 0.3) is 0 Å². The number of benzene rings is 1. The molecule has 1 aromatic rings. The van der Waals surface area contributed by atoms with E-state index in [0.29, 0.717) is 42.4 Å². The second-order valence-electron chi connectivity index (χ2n) is 6.73. The molecule has 10 heteroatoms. The van der Waals surface area contributed by atoms with Crippen LogP contribution >= 0.6 is 27.7 Å². The average molecular weight is 492 g/mol. The van der Waals surface area contributed by atoms with E-state index in [-0.39, 0.29) is 17.9 Å². The van der Waals surface area contributed by atoms with Crippen molar-refractivity contribution in [1.82, 2.24) is 14.9 Å². The molecule has 1 aromatic carbocycles. The summed E-state index contributed by atoms with van der Waals surface area (Å²) in [5.41, 5.74) is 0.478. The lowest BCUT2D eigenvalue weighted by atomic mass is 10.1. The summed E-state index contributed by atoms with van der Waals surface area (Å²) in [6.45, 7) is 0.783. The first-order valence-corrected chi connectivity index (χ1v) is 13.1. The van der Waals surface area contributed by atoms with Gasteiger partial charge in [-0.25, -0.2) is 12.7 Å². The Morgan fingerprint density at radius 2 is 1.93 bits per heavy atom. The minimum Gasteiger partial charge on any atom is -0.351 e. The number of amides is 2. The number of nitrogens with one attached hydrogen (secondary N) is 2. The molecule has 1 saturated heterocycles. The number of carbonyl (C=O) groups excluding carboxylic acids is 2. The first-order valence-electron chi connectivity index (χ1n) is 9.02. The van der Waals surface area contributed by atoms with Gasteiger partial charge in [-0.2, -0.15) is 11.8 Å². The van der Waals surface area contributed by atoms with Crippen molar-refractivity contribution in [2.45, 2.75) is 31.3 Å². The number of thioether (sulfide) groups is 1. The molecule has 28 heavy (non-hydrogen) atoms. The normalized spacial score (nSPS) is 17.1. The predicted octanol–water partition coefficient (Wildman–Crippen LogP) is 1.84. The monoisotopic (exact) mass is 491 g/mol. The number of rotatable bonds is 8. The summed E-state index contributed by atoms with van der Waals surface area (Å²) in [4.78, 5) is 25.4. The summed E-state index contributed by atoms with van der Waals surface area (Å²) in [5.74, 6) is 0.203. The molecular weight excluding hydrogens is 466 g/mol. The van der Waals surface area contributed by atoms with Crippen molar-refractivity contribution >= 4 is 49.5 Å². The van der Waals surface area contributed by atoms with Gasteiger partial charge in [-0.05, 0) is 59.3 Å². The molecule has 0 aromatic heterocycles. The lowest BCUT2D eigenvalue weighted by Crippen LogP contribution is -2.52. The molecule has 1 aliphatic rings. The van der Waals surface area contributed by atoms with E-state index in [9.17, 15) is 18.0 Å². The molecule has 0 spiro atoms. The summed E-state index contributed by atoms with van der Waals surface area (Å²) in [6.07, 6.45) is 4.79. The molecular formula is C18H26BrN3O4S2. The molecule has 0 aliphatic carbocycles. The molecule has 1 aliphatic heterocycles. The van der Waals surface area contributed by atoms with Gasteiger partial charge in [0.2, 0.25) is 15.9 Å². The molecule has 0 radical (unpaired) electrons. The molecule has 2 rings (SSSR count). The predicted molar refractivity (Wildman–Crippen MR) is 116 cm³/mol. The molecule has 1 heterocycles.